The molecule has 0 bridgehead atoms. The van der Waals surface area contributed by atoms with Gasteiger partial charge in [0.2, 0.25) is 0 Å². The minimum Gasteiger partial charge on any atom is -0.273 e. The van der Waals surface area contributed by atoms with E-state index in [0.29, 0.717) is 10.6 Å². The number of halogens is 1. The number of hydrogen-bond acceptors (Lipinski definition) is 5. The summed E-state index contributed by atoms with van der Waals surface area (Å²) in [7, 11) is 0. The van der Waals surface area contributed by atoms with Crippen LogP contribution in [0.3, 0.4) is 0 Å². The SMILES string of the molecule is Cc1ccc(N2C(=O)NC(=O)/C(=C\c3ccc([N+](=O)[O-])cc3)C2=O)cc1Cl. The number of anilines is 1. The highest BCUT2D eigenvalue weighted by atomic mass is 35.5. The first-order valence-electron chi connectivity index (χ1n) is 7.70. The van der Waals surface area contributed by atoms with E-state index < -0.39 is 22.8 Å². The van der Waals surface area contributed by atoms with E-state index in [1.807, 2.05) is 0 Å². The number of aryl methyl sites for hydroxylation is 1. The summed E-state index contributed by atoms with van der Waals surface area (Å²) in [6, 6.07) is 9.05. The van der Waals surface area contributed by atoms with Crippen LogP contribution < -0.4 is 10.2 Å². The highest BCUT2D eigenvalue weighted by molar-refractivity contribution is 6.39. The standard InChI is InChI=1S/C18H12ClN3O5/c1-10-2-5-13(9-15(10)19)21-17(24)14(16(23)20-18(21)25)8-11-3-6-12(7-4-11)22(26)27/h2-9H,1H3,(H,20,23,25)/b14-8+. The minimum atomic E-state index is -0.884. The average Bonchev–Trinajstić information content (AvgIpc) is 2.62. The number of nitrogens with zero attached hydrogens (tertiary/aromatic N) is 2. The molecule has 1 heterocycles. The predicted molar refractivity (Wildman–Crippen MR) is 98.3 cm³/mol. The Labute approximate surface area is 158 Å². The highest BCUT2D eigenvalue weighted by Crippen LogP contribution is 2.26. The van der Waals surface area contributed by atoms with Gasteiger partial charge in [-0.3, -0.25) is 25.0 Å². The Morgan fingerprint density at radius 2 is 1.78 bits per heavy atom. The summed E-state index contributed by atoms with van der Waals surface area (Å²) >= 11 is 6.06. The number of benzene rings is 2. The van der Waals surface area contributed by atoms with Gasteiger partial charge in [-0.05, 0) is 48.4 Å². The summed E-state index contributed by atoms with van der Waals surface area (Å²) < 4.78 is 0. The minimum absolute atomic E-state index is 0.123. The molecule has 0 aliphatic carbocycles. The van der Waals surface area contributed by atoms with Crippen molar-refractivity contribution in [1.29, 1.82) is 0 Å². The Bertz CT molecular complexity index is 1010. The van der Waals surface area contributed by atoms with Crippen LogP contribution in [0.4, 0.5) is 16.2 Å². The second-order valence-corrected chi connectivity index (χ2v) is 6.15. The number of nitro groups is 1. The van der Waals surface area contributed by atoms with E-state index >= 15 is 0 Å². The number of carbonyl (C=O) groups excluding carboxylic acids is 3. The first kappa shape index (κ1) is 18.3. The van der Waals surface area contributed by atoms with Gasteiger partial charge < -0.3 is 0 Å². The molecule has 0 atom stereocenters. The van der Waals surface area contributed by atoms with Gasteiger partial charge in [-0.25, -0.2) is 9.69 Å². The van der Waals surface area contributed by atoms with Gasteiger partial charge in [0.1, 0.15) is 5.57 Å². The number of rotatable bonds is 3. The van der Waals surface area contributed by atoms with E-state index in [1.165, 1.54) is 42.5 Å². The van der Waals surface area contributed by atoms with Gasteiger partial charge in [-0.15, -0.1) is 0 Å². The molecule has 1 fully saturated rings. The number of carbonyl (C=O) groups is 3. The van der Waals surface area contributed by atoms with Gasteiger partial charge in [0.15, 0.2) is 0 Å². The monoisotopic (exact) mass is 385 g/mol. The van der Waals surface area contributed by atoms with Crippen molar-refractivity contribution >= 4 is 46.9 Å². The second-order valence-electron chi connectivity index (χ2n) is 5.74. The smallest absolute Gasteiger partial charge is 0.273 e. The van der Waals surface area contributed by atoms with Crippen LogP contribution in [0.5, 0.6) is 0 Å². The average molecular weight is 386 g/mol. The van der Waals surface area contributed by atoms with Gasteiger partial charge in [-0.1, -0.05) is 17.7 Å². The zero-order valence-electron chi connectivity index (χ0n) is 13.9. The zero-order valence-corrected chi connectivity index (χ0v) is 14.7. The fourth-order valence-corrected chi connectivity index (χ4v) is 2.65. The fourth-order valence-electron chi connectivity index (χ4n) is 2.47. The molecule has 1 N–H and O–H groups in total. The third-order valence-corrected chi connectivity index (χ3v) is 4.34. The molecule has 2 aromatic rings. The van der Waals surface area contributed by atoms with Crippen LogP contribution in [-0.4, -0.2) is 22.8 Å². The first-order chi connectivity index (χ1) is 12.8. The lowest BCUT2D eigenvalue weighted by Gasteiger charge is -2.26. The number of barbiturate groups is 1. The van der Waals surface area contributed by atoms with Crippen LogP contribution >= 0.6 is 11.6 Å². The van der Waals surface area contributed by atoms with Crippen molar-refractivity contribution in [3.63, 3.8) is 0 Å². The van der Waals surface area contributed by atoms with E-state index in [-0.39, 0.29) is 16.9 Å². The Hall–Kier alpha value is -3.52. The fraction of sp³-hybridized carbons (Fsp3) is 0.0556. The summed E-state index contributed by atoms with van der Waals surface area (Å²) in [5.74, 6) is -1.67. The molecule has 9 heteroatoms. The molecule has 136 valence electrons. The molecule has 0 unspecified atom stereocenters. The molecule has 2 aromatic carbocycles. The molecule has 0 saturated carbocycles. The largest absolute Gasteiger partial charge is 0.335 e. The quantitative estimate of drug-likeness (QED) is 0.377. The summed E-state index contributed by atoms with van der Waals surface area (Å²) in [6.45, 7) is 1.77. The van der Waals surface area contributed by atoms with Crippen molar-refractivity contribution in [3.8, 4) is 0 Å². The first-order valence-corrected chi connectivity index (χ1v) is 8.08. The third kappa shape index (κ3) is 3.56. The Balaban J connectivity index is 1.99. The van der Waals surface area contributed by atoms with Crippen LogP contribution in [-0.2, 0) is 9.59 Å². The van der Waals surface area contributed by atoms with Crippen molar-refractivity contribution in [1.82, 2.24) is 5.32 Å². The summed E-state index contributed by atoms with van der Waals surface area (Å²) in [5, 5.41) is 13.2. The molecule has 0 aromatic heterocycles. The van der Waals surface area contributed by atoms with E-state index in [2.05, 4.69) is 5.32 Å². The van der Waals surface area contributed by atoms with Crippen molar-refractivity contribution in [2.24, 2.45) is 0 Å². The van der Waals surface area contributed by atoms with Crippen LogP contribution in [0.2, 0.25) is 5.02 Å². The number of imide groups is 2. The van der Waals surface area contributed by atoms with E-state index in [0.717, 1.165) is 10.5 Å². The molecule has 1 saturated heterocycles. The number of amides is 4. The van der Waals surface area contributed by atoms with Crippen molar-refractivity contribution in [3.05, 3.63) is 74.3 Å². The molecule has 1 aliphatic rings. The Morgan fingerprint density at radius 1 is 1.11 bits per heavy atom. The normalized spacial score (nSPS) is 15.9. The lowest BCUT2D eigenvalue weighted by Crippen LogP contribution is -2.54. The second kappa shape index (κ2) is 7.00. The molecule has 3 rings (SSSR count). The van der Waals surface area contributed by atoms with Crippen LogP contribution in [0.1, 0.15) is 11.1 Å². The van der Waals surface area contributed by atoms with Gasteiger partial charge in [0.25, 0.3) is 17.5 Å². The molecular formula is C18H12ClN3O5. The van der Waals surface area contributed by atoms with Crippen LogP contribution in [0.25, 0.3) is 6.08 Å². The lowest BCUT2D eigenvalue weighted by atomic mass is 10.1. The van der Waals surface area contributed by atoms with Crippen LogP contribution in [0.15, 0.2) is 48.0 Å². The Morgan fingerprint density at radius 3 is 2.37 bits per heavy atom. The molecule has 27 heavy (non-hydrogen) atoms. The van der Waals surface area contributed by atoms with Gasteiger partial charge >= 0.3 is 6.03 Å². The lowest BCUT2D eigenvalue weighted by molar-refractivity contribution is -0.384. The maximum atomic E-state index is 12.7. The van der Waals surface area contributed by atoms with Crippen molar-refractivity contribution in [2.75, 3.05) is 4.90 Å². The number of nitro benzene ring substituents is 1. The molecule has 0 spiro atoms. The van der Waals surface area contributed by atoms with Gasteiger partial charge in [0, 0.05) is 17.2 Å². The molecular weight excluding hydrogens is 374 g/mol. The van der Waals surface area contributed by atoms with Crippen molar-refractivity contribution < 1.29 is 19.3 Å². The van der Waals surface area contributed by atoms with Crippen LogP contribution in [0, 0.1) is 17.0 Å². The topological polar surface area (TPSA) is 110 Å². The van der Waals surface area contributed by atoms with Crippen molar-refractivity contribution in [2.45, 2.75) is 6.92 Å². The molecule has 8 nitrogen and oxygen atoms in total. The van der Waals surface area contributed by atoms with E-state index in [1.54, 1.807) is 13.0 Å². The summed E-state index contributed by atoms with van der Waals surface area (Å²) in [6.07, 6.45) is 1.26. The maximum absolute atomic E-state index is 12.7. The van der Waals surface area contributed by atoms with E-state index in [9.17, 15) is 24.5 Å². The Kier molecular flexibility index (Phi) is 4.74. The van der Waals surface area contributed by atoms with E-state index in [4.69, 9.17) is 11.6 Å². The van der Waals surface area contributed by atoms with Gasteiger partial charge in [0.05, 0.1) is 10.6 Å². The number of hydrogen-bond donors (Lipinski definition) is 1. The zero-order chi connectivity index (χ0) is 19.7. The predicted octanol–water partition coefficient (Wildman–Crippen LogP) is 3.22. The molecule has 1 aliphatic heterocycles. The molecule has 4 amide bonds. The number of nitrogens with one attached hydrogen (secondary N) is 1. The third-order valence-electron chi connectivity index (χ3n) is 3.93. The maximum Gasteiger partial charge on any atom is 0.335 e. The highest BCUT2D eigenvalue weighted by Gasteiger charge is 2.36. The van der Waals surface area contributed by atoms with Gasteiger partial charge in [-0.2, -0.15) is 0 Å². The number of non-ortho nitro benzene ring substituents is 1. The molecule has 0 radical (unpaired) electrons. The number of urea groups is 1. The summed E-state index contributed by atoms with van der Waals surface area (Å²) in [5.41, 5.74) is 0.983. The summed E-state index contributed by atoms with van der Waals surface area (Å²) in [4.78, 5) is 48.0.